The number of aromatic nitrogens is 3. The largest absolute Gasteiger partial charge is 0.311 e. The number of pyridine rings is 1. The molecule has 1 N–H and O–H groups in total. The number of carbonyl (C=O) groups excluding carboxylic acids is 1. The number of nitrogens with zero attached hydrogens (tertiary/aromatic N) is 3. The molecule has 0 aliphatic rings. The molecule has 0 aliphatic heterocycles. The molecule has 5 nitrogen and oxygen atoms in total. The Labute approximate surface area is 177 Å². The van der Waals surface area contributed by atoms with E-state index >= 15 is 0 Å². The van der Waals surface area contributed by atoms with Gasteiger partial charge in [0.2, 0.25) is 5.91 Å². The van der Waals surface area contributed by atoms with E-state index in [0.29, 0.717) is 12.4 Å². The Balaban J connectivity index is 1.53. The van der Waals surface area contributed by atoms with Crippen LogP contribution in [0.15, 0.2) is 65.3 Å². The summed E-state index contributed by atoms with van der Waals surface area (Å²) in [4.78, 5) is 17.5. The number of para-hydroxylation sites is 1. The zero-order chi connectivity index (χ0) is 20.4. The van der Waals surface area contributed by atoms with Gasteiger partial charge in [0.25, 0.3) is 0 Å². The Hall–Kier alpha value is -2.99. The first kappa shape index (κ1) is 19.3. The van der Waals surface area contributed by atoms with Gasteiger partial charge in [-0.3, -0.25) is 9.78 Å². The fourth-order valence-electron chi connectivity index (χ4n) is 3.55. The molecule has 2 heterocycles. The molecule has 0 spiro atoms. The minimum atomic E-state index is -0.0794. The van der Waals surface area contributed by atoms with Crippen molar-refractivity contribution >= 4 is 38.6 Å². The molecule has 0 fully saturated rings. The molecule has 4 aromatic rings. The highest BCUT2D eigenvalue weighted by molar-refractivity contribution is 9.10. The number of anilines is 1. The van der Waals surface area contributed by atoms with Gasteiger partial charge in [0.05, 0.1) is 24.7 Å². The minimum absolute atomic E-state index is 0.0794. The van der Waals surface area contributed by atoms with Crippen molar-refractivity contribution in [1.29, 1.82) is 0 Å². The highest BCUT2D eigenvalue weighted by atomic mass is 79.9. The first-order chi connectivity index (χ1) is 14.0. The van der Waals surface area contributed by atoms with Crippen molar-refractivity contribution < 1.29 is 4.79 Å². The van der Waals surface area contributed by atoms with Gasteiger partial charge in [-0.25, -0.2) is 4.68 Å². The number of fused-ring (bicyclic) bond motifs is 1. The van der Waals surface area contributed by atoms with Crippen molar-refractivity contribution in [1.82, 2.24) is 14.8 Å². The van der Waals surface area contributed by atoms with Crippen LogP contribution in [0.1, 0.15) is 22.4 Å². The molecule has 0 atom stereocenters. The zero-order valence-corrected chi connectivity index (χ0v) is 17.9. The Morgan fingerprint density at radius 1 is 1.10 bits per heavy atom. The normalized spacial score (nSPS) is 11.0. The van der Waals surface area contributed by atoms with Gasteiger partial charge in [-0.05, 0) is 48.7 Å². The molecule has 0 aliphatic carbocycles. The van der Waals surface area contributed by atoms with Crippen LogP contribution in [-0.4, -0.2) is 20.7 Å². The summed E-state index contributed by atoms with van der Waals surface area (Å²) in [5.74, 6) is 0.600. The lowest BCUT2D eigenvalue weighted by Gasteiger charge is -2.13. The Morgan fingerprint density at radius 3 is 2.76 bits per heavy atom. The van der Waals surface area contributed by atoms with Gasteiger partial charge in [-0.2, -0.15) is 5.10 Å². The molecule has 29 heavy (non-hydrogen) atoms. The van der Waals surface area contributed by atoms with Crippen molar-refractivity contribution in [2.24, 2.45) is 0 Å². The first-order valence-corrected chi connectivity index (χ1v) is 10.2. The molecule has 1 amide bonds. The van der Waals surface area contributed by atoms with E-state index in [2.05, 4.69) is 38.3 Å². The van der Waals surface area contributed by atoms with Crippen LogP contribution in [0.25, 0.3) is 10.9 Å². The van der Waals surface area contributed by atoms with E-state index in [1.807, 2.05) is 61.5 Å². The minimum Gasteiger partial charge on any atom is -0.311 e. The number of nitrogens with one attached hydrogen (secondary N) is 1. The quantitative estimate of drug-likeness (QED) is 0.465. The lowest BCUT2D eigenvalue weighted by molar-refractivity contribution is -0.115. The Morgan fingerprint density at radius 2 is 1.93 bits per heavy atom. The van der Waals surface area contributed by atoms with E-state index in [0.717, 1.165) is 37.8 Å². The molecular weight excluding hydrogens is 428 g/mol. The number of halogens is 1. The van der Waals surface area contributed by atoms with Crippen molar-refractivity contribution in [2.45, 2.75) is 26.8 Å². The van der Waals surface area contributed by atoms with Crippen LogP contribution in [0, 0.1) is 13.8 Å². The van der Waals surface area contributed by atoms with Gasteiger partial charge in [-0.1, -0.05) is 46.3 Å². The van der Waals surface area contributed by atoms with Crippen molar-refractivity contribution in [3.63, 3.8) is 0 Å². The van der Waals surface area contributed by atoms with Crippen molar-refractivity contribution in [3.05, 3.63) is 87.7 Å². The molecule has 0 saturated heterocycles. The maximum Gasteiger partial charge on any atom is 0.230 e. The van der Waals surface area contributed by atoms with Crippen LogP contribution in [0.4, 0.5) is 5.82 Å². The summed E-state index contributed by atoms with van der Waals surface area (Å²) in [6, 6.07) is 17.9. The predicted molar refractivity (Wildman–Crippen MR) is 119 cm³/mol. The summed E-state index contributed by atoms with van der Waals surface area (Å²) in [6.07, 6.45) is 1.97. The lowest BCUT2D eigenvalue weighted by Crippen LogP contribution is -2.19. The standard InChI is InChI=1S/C23H21BrN4O/c1-15-19-8-3-4-9-21(19)26-16(2)20(15)13-23(29)27-22-10-11-25-28(22)14-17-6-5-7-18(24)12-17/h3-12H,13-14H2,1-2H3,(H,27,29). The van der Waals surface area contributed by atoms with Crippen LogP contribution in [0.3, 0.4) is 0 Å². The summed E-state index contributed by atoms with van der Waals surface area (Å²) in [5, 5.41) is 8.43. The summed E-state index contributed by atoms with van der Waals surface area (Å²) >= 11 is 3.49. The van der Waals surface area contributed by atoms with Gasteiger partial charge in [0.15, 0.2) is 0 Å². The zero-order valence-electron chi connectivity index (χ0n) is 16.3. The average Bonchev–Trinajstić information content (AvgIpc) is 3.11. The molecule has 2 aromatic heterocycles. The third kappa shape index (κ3) is 4.22. The number of hydrogen-bond acceptors (Lipinski definition) is 3. The molecule has 0 bridgehead atoms. The average molecular weight is 449 g/mol. The molecular formula is C23H21BrN4O. The van der Waals surface area contributed by atoms with Gasteiger partial charge < -0.3 is 5.32 Å². The Bertz CT molecular complexity index is 1200. The molecule has 2 aromatic carbocycles. The predicted octanol–water partition coefficient (Wildman–Crippen LogP) is 5.04. The van der Waals surface area contributed by atoms with Gasteiger partial charge in [0, 0.05) is 21.6 Å². The van der Waals surface area contributed by atoms with Crippen LogP contribution in [0.2, 0.25) is 0 Å². The van der Waals surface area contributed by atoms with E-state index in [9.17, 15) is 4.79 Å². The lowest BCUT2D eigenvalue weighted by atomic mass is 9.99. The highest BCUT2D eigenvalue weighted by Crippen LogP contribution is 2.23. The summed E-state index contributed by atoms with van der Waals surface area (Å²) in [7, 11) is 0. The fourth-order valence-corrected chi connectivity index (χ4v) is 4.00. The van der Waals surface area contributed by atoms with Crippen LogP contribution in [-0.2, 0) is 17.8 Å². The second-order valence-corrected chi connectivity index (χ2v) is 7.96. The Kier molecular flexibility index (Phi) is 5.45. The maximum absolute atomic E-state index is 12.8. The second-order valence-electron chi connectivity index (χ2n) is 7.05. The monoisotopic (exact) mass is 448 g/mol. The number of carbonyl (C=O) groups is 1. The molecule has 146 valence electrons. The van der Waals surface area contributed by atoms with Gasteiger partial charge >= 0.3 is 0 Å². The summed E-state index contributed by atoms with van der Waals surface area (Å²) in [5.41, 5.74) is 5.02. The highest BCUT2D eigenvalue weighted by Gasteiger charge is 2.14. The van der Waals surface area contributed by atoms with E-state index < -0.39 is 0 Å². The summed E-state index contributed by atoms with van der Waals surface area (Å²) in [6.45, 7) is 4.59. The van der Waals surface area contributed by atoms with Crippen LogP contribution < -0.4 is 5.32 Å². The number of rotatable bonds is 5. The van der Waals surface area contributed by atoms with Gasteiger partial charge in [-0.15, -0.1) is 0 Å². The molecule has 4 rings (SSSR count). The summed E-state index contributed by atoms with van der Waals surface area (Å²) < 4.78 is 2.81. The second kappa shape index (κ2) is 8.17. The maximum atomic E-state index is 12.8. The topological polar surface area (TPSA) is 59.8 Å². The number of amides is 1. The smallest absolute Gasteiger partial charge is 0.230 e. The van der Waals surface area contributed by atoms with Crippen LogP contribution in [0.5, 0.6) is 0 Å². The third-order valence-corrected chi connectivity index (χ3v) is 5.52. The van der Waals surface area contributed by atoms with E-state index in [-0.39, 0.29) is 12.3 Å². The fraction of sp³-hybridized carbons (Fsp3) is 0.174. The van der Waals surface area contributed by atoms with E-state index in [1.54, 1.807) is 10.9 Å². The molecule has 6 heteroatoms. The molecule has 0 saturated carbocycles. The number of hydrogen-bond donors (Lipinski definition) is 1. The van der Waals surface area contributed by atoms with E-state index in [4.69, 9.17) is 0 Å². The molecule has 0 unspecified atom stereocenters. The van der Waals surface area contributed by atoms with E-state index in [1.165, 1.54) is 0 Å². The van der Waals surface area contributed by atoms with Crippen molar-refractivity contribution in [3.8, 4) is 0 Å². The van der Waals surface area contributed by atoms with Crippen molar-refractivity contribution in [2.75, 3.05) is 5.32 Å². The van der Waals surface area contributed by atoms with Crippen LogP contribution >= 0.6 is 15.9 Å². The third-order valence-electron chi connectivity index (χ3n) is 5.03. The first-order valence-electron chi connectivity index (χ1n) is 9.42. The number of benzene rings is 2. The number of aryl methyl sites for hydroxylation is 2. The van der Waals surface area contributed by atoms with Gasteiger partial charge in [0.1, 0.15) is 5.82 Å². The molecule has 0 radical (unpaired) electrons. The SMILES string of the molecule is Cc1nc2ccccc2c(C)c1CC(=O)Nc1ccnn1Cc1cccc(Br)c1.